The third-order valence-corrected chi connectivity index (χ3v) is 4.00. The maximum absolute atomic E-state index is 4.12. The molecule has 1 atom stereocenters. The van der Waals surface area contributed by atoms with Crippen LogP contribution in [0, 0.1) is 0 Å². The summed E-state index contributed by atoms with van der Waals surface area (Å²) < 4.78 is 0. The Kier molecular flexibility index (Phi) is 3.70. The third-order valence-electron chi connectivity index (χ3n) is 4.00. The van der Waals surface area contributed by atoms with E-state index in [1.54, 1.807) is 0 Å². The molecule has 1 saturated heterocycles. The SMILES string of the molecule is C=C(C)C(=C)/C=C\C1=C(C)N(C(=C)C)C2CCN1C2. The normalized spacial score (nSPS) is 22.4. The van der Waals surface area contributed by atoms with Crippen LogP contribution in [0.3, 0.4) is 0 Å². The molecule has 2 nitrogen and oxygen atoms in total. The predicted octanol–water partition coefficient (Wildman–Crippen LogP) is 3.83. The molecule has 0 saturated carbocycles. The first-order valence-corrected chi connectivity index (χ1v) is 6.85. The van der Waals surface area contributed by atoms with E-state index in [9.17, 15) is 0 Å². The van der Waals surface area contributed by atoms with Gasteiger partial charge in [-0.3, -0.25) is 0 Å². The van der Waals surface area contributed by atoms with Crippen LogP contribution >= 0.6 is 0 Å². The van der Waals surface area contributed by atoms with E-state index in [0.29, 0.717) is 6.04 Å². The van der Waals surface area contributed by atoms with E-state index >= 15 is 0 Å². The van der Waals surface area contributed by atoms with E-state index in [4.69, 9.17) is 0 Å². The average molecular weight is 256 g/mol. The van der Waals surface area contributed by atoms with Gasteiger partial charge in [-0.25, -0.2) is 0 Å². The van der Waals surface area contributed by atoms with Crippen molar-refractivity contribution in [2.75, 3.05) is 13.1 Å². The summed E-state index contributed by atoms with van der Waals surface area (Å²) in [6.07, 6.45) is 5.45. The zero-order valence-electron chi connectivity index (χ0n) is 12.4. The molecule has 0 spiro atoms. The van der Waals surface area contributed by atoms with Crippen molar-refractivity contribution in [3.63, 3.8) is 0 Å². The third kappa shape index (κ3) is 2.53. The topological polar surface area (TPSA) is 6.48 Å². The van der Waals surface area contributed by atoms with Crippen molar-refractivity contribution in [3.05, 3.63) is 60.1 Å². The lowest BCUT2D eigenvalue weighted by molar-refractivity contribution is 0.268. The molecule has 0 amide bonds. The molecule has 0 aromatic carbocycles. The molecule has 19 heavy (non-hydrogen) atoms. The number of hydrogen-bond donors (Lipinski definition) is 0. The van der Waals surface area contributed by atoms with Gasteiger partial charge in [-0.1, -0.05) is 31.4 Å². The monoisotopic (exact) mass is 256 g/mol. The van der Waals surface area contributed by atoms with Crippen LogP contribution in [0.25, 0.3) is 0 Å². The van der Waals surface area contributed by atoms with Gasteiger partial charge in [0.05, 0.1) is 11.7 Å². The Hall–Kier alpha value is -1.70. The first-order valence-electron chi connectivity index (χ1n) is 6.85. The second-order valence-corrected chi connectivity index (χ2v) is 5.60. The van der Waals surface area contributed by atoms with Crippen molar-refractivity contribution in [3.8, 4) is 0 Å². The molecule has 2 heteroatoms. The minimum atomic E-state index is 0.596. The molecule has 2 aliphatic heterocycles. The van der Waals surface area contributed by atoms with Crippen molar-refractivity contribution >= 4 is 0 Å². The molecular formula is C17H24N2. The summed E-state index contributed by atoms with van der Waals surface area (Å²) in [5, 5.41) is 0. The van der Waals surface area contributed by atoms with Crippen LogP contribution in [-0.2, 0) is 0 Å². The predicted molar refractivity (Wildman–Crippen MR) is 82.4 cm³/mol. The van der Waals surface area contributed by atoms with Crippen LogP contribution in [0.15, 0.2) is 60.1 Å². The van der Waals surface area contributed by atoms with Crippen LogP contribution in [0.1, 0.15) is 27.2 Å². The van der Waals surface area contributed by atoms with E-state index in [0.717, 1.165) is 29.9 Å². The summed E-state index contributed by atoms with van der Waals surface area (Å²) in [5.41, 5.74) is 5.73. The highest BCUT2D eigenvalue weighted by atomic mass is 15.3. The number of nitrogens with zero attached hydrogens (tertiary/aromatic N) is 2. The molecule has 2 aliphatic rings. The first kappa shape index (κ1) is 13.7. The zero-order valence-corrected chi connectivity index (χ0v) is 12.4. The summed E-state index contributed by atoms with van der Waals surface area (Å²) in [4.78, 5) is 4.84. The highest BCUT2D eigenvalue weighted by Gasteiger charge is 2.35. The summed E-state index contributed by atoms with van der Waals surface area (Å²) in [5.74, 6) is 0. The summed E-state index contributed by atoms with van der Waals surface area (Å²) in [7, 11) is 0. The lowest BCUT2D eigenvalue weighted by atomic mass is 10.1. The fourth-order valence-corrected chi connectivity index (χ4v) is 2.94. The standard InChI is InChI=1S/C17H24N2/c1-12(2)14(5)7-8-17-15(6)19(13(3)4)16-9-10-18(17)11-16/h7-8,16H,1,3,5,9-11H2,2,4,6H3/b8-7-. The number of rotatable bonds is 4. The highest BCUT2D eigenvalue weighted by molar-refractivity contribution is 5.39. The van der Waals surface area contributed by atoms with E-state index in [2.05, 4.69) is 55.5 Å². The van der Waals surface area contributed by atoms with Crippen molar-refractivity contribution < 1.29 is 0 Å². The minimum absolute atomic E-state index is 0.596. The van der Waals surface area contributed by atoms with Crippen LogP contribution in [0.5, 0.6) is 0 Å². The second-order valence-electron chi connectivity index (χ2n) is 5.60. The molecule has 0 aromatic heterocycles. The maximum atomic E-state index is 4.12. The van der Waals surface area contributed by atoms with Gasteiger partial charge in [-0.05, 0) is 38.8 Å². The second kappa shape index (κ2) is 5.12. The molecule has 102 valence electrons. The molecular weight excluding hydrogens is 232 g/mol. The van der Waals surface area contributed by atoms with Gasteiger partial charge in [0.1, 0.15) is 0 Å². The Morgan fingerprint density at radius 3 is 2.53 bits per heavy atom. The van der Waals surface area contributed by atoms with E-state index in [1.807, 2.05) is 6.92 Å². The van der Waals surface area contributed by atoms with Crippen molar-refractivity contribution in [1.29, 1.82) is 0 Å². The largest absolute Gasteiger partial charge is 0.368 e. The number of allylic oxidation sites excluding steroid dienone is 6. The fourth-order valence-electron chi connectivity index (χ4n) is 2.94. The van der Waals surface area contributed by atoms with Crippen LogP contribution in [0.4, 0.5) is 0 Å². The average Bonchev–Trinajstić information content (AvgIpc) is 2.73. The molecule has 1 fully saturated rings. The van der Waals surface area contributed by atoms with Gasteiger partial charge in [-0.2, -0.15) is 0 Å². The lowest BCUT2D eigenvalue weighted by Crippen LogP contribution is -2.40. The highest BCUT2D eigenvalue weighted by Crippen LogP contribution is 2.34. The van der Waals surface area contributed by atoms with Crippen molar-refractivity contribution in [2.24, 2.45) is 0 Å². The molecule has 0 N–H and O–H groups in total. The van der Waals surface area contributed by atoms with Gasteiger partial charge < -0.3 is 9.80 Å². The molecule has 2 rings (SSSR count). The molecule has 1 unspecified atom stereocenters. The van der Waals surface area contributed by atoms with Gasteiger partial charge >= 0.3 is 0 Å². The Balaban J connectivity index is 2.31. The fraction of sp³-hybridized carbons (Fsp3) is 0.412. The van der Waals surface area contributed by atoms with Crippen LogP contribution in [-0.4, -0.2) is 28.9 Å². The molecule has 0 aliphatic carbocycles. The Labute approximate surface area is 117 Å². The summed E-state index contributed by atoms with van der Waals surface area (Å²) in [6, 6.07) is 0.596. The number of fused-ring (bicyclic) bond motifs is 2. The van der Waals surface area contributed by atoms with E-state index < -0.39 is 0 Å². The Morgan fingerprint density at radius 2 is 1.95 bits per heavy atom. The van der Waals surface area contributed by atoms with Gasteiger partial charge in [0.15, 0.2) is 0 Å². The van der Waals surface area contributed by atoms with Crippen molar-refractivity contribution in [1.82, 2.24) is 9.80 Å². The zero-order chi connectivity index (χ0) is 14.2. The minimum Gasteiger partial charge on any atom is -0.368 e. The van der Waals surface area contributed by atoms with Gasteiger partial charge in [-0.15, -0.1) is 0 Å². The summed E-state index contributed by atoms with van der Waals surface area (Å²) >= 11 is 0. The van der Waals surface area contributed by atoms with Gasteiger partial charge in [0.2, 0.25) is 0 Å². The Bertz CT molecular complexity index is 493. The quantitative estimate of drug-likeness (QED) is 0.705. The van der Waals surface area contributed by atoms with Gasteiger partial charge in [0.25, 0.3) is 0 Å². The van der Waals surface area contributed by atoms with E-state index in [-0.39, 0.29) is 0 Å². The van der Waals surface area contributed by atoms with E-state index in [1.165, 1.54) is 17.8 Å². The molecule has 0 aromatic rings. The lowest BCUT2D eigenvalue weighted by Gasteiger charge is -2.38. The maximum Gasteiger partial charge on any atom is 0.0562 e. The Morgan fingerprint density at radius 1 is 1.26 bits per heavy atom. The summed E-state index contributed by atoms with van der Waals surface area (Å²) in [6.45, 7) is 20.6. The van der Waals surface area contributed by atoms with Crippen LogP contribution in [0.2, 0.25) is 0 Å². The van der Waals surface area contributed by atoms with Crippen molar-refractivity contribution in [2.45, 2.75) is 33.2 Å². The van der Waals surface area contributed by atoms with Gasteiger partial charge in [0, 0.05) is 24.5 Å². The van der Waals surface area contributed by atoms with Crippen LogP contribution < -0.4 is 0 Å². The molecule has 2 bridgehead atoms. The smallest absolute Gasteiger partial charge is 0.0562 e. The molecule has 0 radical (unpaired) electrons. The number of hydrogen-bond acceptors (Lipinski definition) is 2. The first-order chi connectivity index (χ1) is 8.91. The molecule has 2 heterocycles.